The summed E-state index contributed by atoms with van der Waals surface area (Å²) >= 11 is 11.7. The Morgan fingerprint density at radius 1 is 1.00 bits per heavy atom. The number of pyridine rings is 2. The van der Waals surface area contributed by atoms with Crippen molar-refractivity contribution in [3.05, 3.63) is 94.0 Å². The molecule has 0 radical (unpaired) electrons. The Hall–Kier alpha value is -2.43. The Balaban J connectivity index is 1.92. The maximum Gasteiger partial charge on any atom is 0.253 e. The maximum absolute atomic E-state index is 12.6. The van der Waals surface area contributed by atoms with Crippen LogP contribution >= 0.6 is 23.2 Å². The van der Waals surface area contributed by atoms with Crippen LogP contribution in [0.4, 0.5) is 0 Å². The van der Waals surface area contributed by atoms with Crippen molar-refractivity contribution < 1.29 is 4.79 Å². The van der Waals surface area contributed by atoms with Gasteiger partial charge in [0.15, 0.2) is 0 Å². The number of nitrogens with one attached hydrogen (secondary N) is 1. The van der Waals surface area contributed by atoms with Gasteiger partial charge in [0.05, 0.1) is 22.3 Å². The molecule has 3 aromatic rings. The molecule has 6 heteroatoms. The number of carbonyl (C=O) groups is 1. The number of nitrogens with zero attached hydrogens (tertiary/aromatic N) is 2. The van der Waals surface area contributed by atoms with Gasteiger partial charge in [0.25, 0.3) is 5.91 Å². The third-order valence-electron chi connectivity index (χ3n) is 3.45. The highest BCUT2D eigenvalue weighted by Crippen LogP contribution is 2.23. The molecule has 0 aliphatic rings. The van der Waals surface area contributed by atoms with E-state index in [4.69, 9.17) is 23.2 Å². The summed E-state index contributed by atoms with van der Waals surface area (Å²) in [7, 11) is 0. The van der Waals surface area contributed by atoms with E-state index in [0.29, 0.717) is 5.56 Å². The number of carbonyl (C=O) groups excluding carboxylic acids is 1. The molecule has 0 bridgehead atoms. The monoisotopic (exact) mass is 357 g/mol. The Labute approximate surface area is 149 Å². The van der Waals surface area contributed by atoms with Gasteiger partial charge < -0.3 is 5.32 Å². The molecule has 1 amide bonds. The zero-order valence-electron chi connectivity index (χ0n) is 12.5. The Morgan fingerprint density at radius 3 is 2.42 bits per heavy atom. The van der Waals surface area contributed by atoms with Gasteiger partial charge in [-0.15, -0.1) is 0 Å². The van der Waals surface area contributed by atoms with Gasteiger partial charge in [-0.05, 0) is 23.8 Å². The van der Waals surface area contributed by atoms with Gasteiger partial charge in [-0.1, -0.05) is 59.6 Å². The van der Waals surface area contributed by atoms with E-state index in [1.165, 1.54) is 12.3 Å². The molecule has 2 aromatic heterocycles. The van der Waals surface area contributed by atoms with Gasteiger partial charge >= 0.3 is 0 Å². The van der Waals surface area contributed by atoms with E-state index in [1.807, 2.05) is 48.5 Å². The summed E-state index contributed by atoms with van der Waals surface area (Å²) in [5.74, 6) is -0.305. The highest BCUT2D eigenvalue weighted by molar-refractivity contribution is 6.41. The number of hydrogen-bond donors (Lipinski definition) is 1. The summed E-state index contributed by atoms with van der Waals surface area (Å²) in [5, 5.41) is 3.37. The van der Waals surface area contributed by atoms with Crippen molar-refractivity contribution in [3.63, 3.8) is 0 Å². The van der Waals surface area contributed by atoms with Crippen LogP contribution in [-0.2, 0) is 0 Å². The SMILES string of the molecule is O=C(NC(c1ccccc1)c1ccccn1)c1cnc(Cl)c(Cl)c1. The predicted octanol–water partition coefficient (Wildman–Crippen LogP) is 4.30. The topological polar surface area (TPSA) is 54.9 Å². The van der Waals surface area contributed by atoms with Crippen molar-refractivity contribution >= 4 is 29.1 Å². The van der Waals surface area contributed by atoms with Crippen LogP contribution in [0.3, 0.4) is 0 Å². The lowest BCUT2D eigenvalue weighted by Gasteiger charge is -2.19. The fourth-order valence-electron chi connectivity index (χ4n) is 2.28. The lowest BCUT2D eigenvalue weighted by atomic mass is 10.0. The molecular weight excluding hydrogens is 345 g/mol. The highest BCUT2D eigenvalue weighted by atomic mass is 35.5. The first kappa shape index (κ1) is 16.4. The zero-order valence-corrected chi connectivity index (χ0v) is 14.0. The predicted molar refractivity (Wildman–Crippen MR) is 94.2 cm³/mol. The van der Waals surface area contributed by atoms with Gasteiger partial charge in [-0.25, -0.2) is 4.98 Å². The molecule has 120 valence electrons. The first-order valence-corrected chi connectivity index (χ1v) is 7.98. The van der Waals surface area contributed by atoms with Crippen molar-refractivity contribution in [2.75, 3.05) is 0 Å². The van der Waals surface area contributed by atoms with Crippen molar-refractivity contribution in [2.45, 2.75) is 6.04 Å². The van der Waals surface area contributed by atoms with Crippen molar-refractivity contribution in [1.82, 2.24) is 15.3 Å². The van der Waals surface area contributed by atoms with Crippen LogP contribution in [0.25, 0.3) is 0 Å². The van der Waals surface area contributed by atoms with E-state index in [0.717, 1.165) is 11.3 Å². The molecule has 1 atom stereocenters. The molecule has 0 aliphatic heterocycles. The quantitative estimate of drug-likeness (QED) is 0.708. The minimum absolute atomic E-state index is 0.164. The van der Waals surface area contributed by atoms with Crippen LogP contribution in [0, 0.1) is 0 Å². The van der Waals surface area contributed by atoms with E-state index in [9.17, 15) is 4.79 Å². The Bertz CT molecular complexity index is 802. The number of amides is 1. The van der Waals surface area contributed by atoms with Crippen LogP contribution in [0.5, 0.6) is 0 Å². The van der Waals surface area contributed by atoms with Gasteiger partial charge in [0.1, 0.15) is 5.15 Å². The van der Waals surface area contributed by atoms with Gasteiger partial charge in [0, 0.05) is 12.4 Å². The molecule has 0 saturated heterocycles. The first-order chi connectivity index (χ1) is 11.6. The van der Waals surface area contributed by atoms with Crippen molar-refractivity contribution in [3.8, 4) is 0 Å². The van der Waals surface area contributed by atoms with E-state index in [1.54, 1.807) is 6.20 Å². The smallest absolute Gasteiger partial charge is 0.253 e. The standard InChI is InChI=1S/C18H13Cl2N3O/c19-14-10-13(11-22-17(14)20)18(24)23-16(12-6-2-1-3-7-12)15-8-4-5-9-21-15/h1-11,16H,(H,23,24). The minimum atomic E-state index is -0.380. The molecule has 2 heterocycles. The zero-order chi connectivity index (χ0) is 16.9. The molecule has 1 unspecified atom stereocenters. The first-order valence-electron chi connectivity index (χ1n) is 7.23. The largest absolute Gasteiger partial charge is 0.339 e. The number of halogens is 2. The molecule has 1 aromatic carbocycles. The lowest BCUT2D eigenvalue weighted by Crippen LogP contribution is -2.30. The van der Waals surface area contributed by atoms with Crippen molar-refractivity contribution in [2.24, 2.45) is 0 Å². The Morgan fingerprint density at radius 2 is 1.75 bits per heavy atom. The fraction of sp³-hybridized carbons (Fsp3) is 0.0556. The number of benzene rings is 1. The third kappa shape index (κ3) is 3.72. The van der Waals surface area contributed by atoms with Crippen LogP contribution in [-0.4, -0.2) is 15.9 Å². The molecule has 4 nitrogen and oxygen atoms in total. The maximum atomic E-state index is 12.6. The second-order valence-corrected chi connectivity index (χ2v) is 5.83. The molecular formula is C18H13Cl2N3O. The van der Waals surface area contributed by atoms with Crippen LogP contribution in [0.1, 0.15) is 27.7 Å². The summed E-state index contributed by atoms with van der Waals surface area (Å²) in [4.78, 5) is 20.9. The minimum Gasteiger partial charge on any atom is -0.339 e. The molecule has 0 fully saturated rings. The van der Waals surface area contributed by atoms with E-state index >= 15 is 0 Å². The van der Waals surface area contributed by atoms with Crippen LogP contribution in [0.15, 0.2) is 67.0 Å². The summed E-state index contributed by atoms with van der Waals surface area (Å²) in [5.41, 5.74) is 2.00. The Kier molecular flexibility index (Phi) is 5.08. The van der Waals surface area contributed by atoms with Gasteiger partial charge in [0.2, 0.25) is 0 Å². The number of hydrogen-bond acceptors (Lipinski definition) is 3. The second kappa shape index (κ2) is 7.43. The molecule has 0 spiro atoms. The average Bonchev–Trinajstić information content (AvgIpc) is 2.63. The molecule has 1 N–H and O–H groups in total. The van der Waals surface area contributed by atoms with Crippen LogP contribution < -0.4 is 5.32 Å². The van der Waals surface area contributed by atoms with E-state index in [2.05, 4.69) is 15.3 Å². The number of aromatic nitrogens is 2. The summed E-state index contributed by atoms with van der Waals surface area (Å²) in [6.45, 7) is 0. The van der Waals surface area contributed by atoms with Crippen LogP contribution in [0.2, 0.25) is 10.2 Å². The normalized spacial score (nSPS) is 11.8. The average molecular weight is 358 g/mol. The highest BCUT2D eigenvalue weighted by Gasteiger charge is 2.19. The molecule has 0 aliphatic carbocycles. The summed E-state index contributed by atoms with van der Waals surface area (Å²) in [6.07, 6.45) is 3.09. The third-order valence-corrected chi connectivity index (χ3v) is 4.14. The second-order valence-electron chi connectivity index (χ2n) is 5.07. The number of rotatable bonds is 4. The fourth-order valence-corrected chi connectivity index (χ4v) is 2.55. The molecule has 0 saturated carbocycles. The summed E-state index contributed by atoms with van der Waals surface area (Å²) in [6, 6.07) is 16.3. The molecule has 24 heavy (non-hydrogen) atoms. The van der Waals surface area contributed by atoms with Crippen molar-refractivity contribution in [1.29, 1.82) is 0 Å². The lowest BCUT2D eigenvalue weighted by molar-refractivity contribution is 0.0942. The van der Waals surface area contributed by atoms with E-state index < -0.39 is 0 Å². The summed E-state index contributed by atoms with van der Waals surface area (Å²) < 4.78 is 0. The van der Waals surface area contributed by atoms with Gasteiger partial charge in [-0.2, -0.15) is 0 Å². The van der Waals surface area contributed by atoms with Gasteiger partial charge in [-0.3, -0.25) is 9.78 Å². The van der Waals surface area contributed by atoms with E-state index in [-0.39, 0.29) is 22.1 Å². The molecule has 3 rings (SSSR count).